The molecular weight excluding hydrogens is 374 g/mol. The number of rotatable bonds is 2. The first kappa shape index (κ1) is 16.5. The predicted molar refractivity (Wildman–Crippen MR) is 109 cm³/mol. The van der Waals surface area contributed by atoms with Gasteiger partial charge in [-0.05, 0) is 30.3 Å². The maximum absolute atomic E-state index is 12.3. The van der Waals surface area contributed by atoms with E-state index in [0.717, 1.165) is 16.5 Å². The van der Waals surface area contributed by atoms with E-state index in [4.69, 9.17) is 11.6 Å². The molecule has 0 bridgehead atoms. The number of pyridine rings is 3. The lowest BCUT2D eigenvalue weighted by atomic mass is 10.0. The molecule has 0 saturated heterocycles. The summed E-state index contributed by atoms with van der Waals surface area (Å²) >= 11 is 6.47. The van der Waals surface area contributed by atoms with Gasteiger partial charge in [0.25, 0.3) is 0 Å². The van der Waals surface area contributed by atoms with Crippen LogP contribution >= 0.6 is 11.6 Å². The summed E-state index contributed by atoms with van der Waals surface area (Å²) in [6, 6.07) is 12.7. The van der Waals surface area contributed by atoms with Gasteiger partial charge in [0.2, 0.25) is 5.43 Å². The van der Waals surface area contributed by atoms with E-state index in [9.17, 15) is 4.79 Å². The molecule has 6 nitrogen and oxygen atoms in total. The number of fused-ring (bicyclic) bond motifs is 2. The zero-order chi connectivity index (χ0) is 19.1. The van der Waals surface area contributed by atoms with Crippen molar-refractivity contribution in [1.82, 2.24) is 24.9 Å². The van der Waals surface area contributed by atoms with Crippen molar-refractivity contribution >= 4 is 33.7 Å². The minimum atomic E-state index is -0.200. The van der Waals surface area contributed by atoms with Gasteiger partial charge in [0, 0.05) is 47.4 Å². The predicted octanol–water partition coefficient (Wildman–Crippen LogP) is 4.25. The first-order chi connectivity index (χ1) is 13.7. The van der Waals surface area contributed by atoms with E-state index in [2.05, 4.69) is 24.9 Å². The Balaban J connectivity index is 1.88. The molecule has 0 aliphatic rings. The summed E-state index contributed by atoms with van der Waals surface area (Å²) in [6.07, 6.45) is 6.66. The highest BCUT2D eigenvalue weighted by Crippen LogP contribution is 2.34. The van der Waals surface area contributed by atoms with Gasteiger partial charge in [0.15, 0.2) is 11.2 Å². The molecule has 7 heteroatoms. The van der Waals surface area contributed by atoms with Gasteiger partial charge in [-0.3, -0.25) is 14.8 Å². The van der Waals surface area contributed by atoms with Crippen molar-refractivity contribution < 1.29 is 0 Å². The van der Waals surface area contributed by atoms with E-state index in [1.54, 1.807) is 30.9 Å². The monoisotopic (exact) mass is 385 g/mol. The first-order valence-electron chi connectivity index (χ1n) is 8.55. The van der Waals surface area contributed by atoms with Crippen LogP contribution in [0.5, 0.6) is 0 Å². The van der Waals surface area contributed by atoms with Crippen LogP contribution in [-0.2, 0) is 0 Å². The van der Waals surface area contributed by atoms with Gasteiger partial charge >= 0.3 is 0 Å². The molecule has 28 heavy (non-hydrogen) atoms. The topological polar surface area (TPSA) is 84.4 Å². The van der Waals surface area contributed by atoms with E-state index in [-0.39, 0.29) is 10.9 Å². The Kier molecular flexibility index (Phi) is 3.84. The van der Waals surface area contributed by atoms with Crippen LogP contribution in [0.25, 0.3) is 44.6 Å². The lowest BCUT2D eigenvalue weighted by molar-refractivity contribution is 1.21. The molecule has 0 atom stereocenters. The van der Waals surface area contributed by atoms with Crippen LogP contribution in [0.15, 0.2) is 72.0 Å². The standard InChI is InChI=1S/C21H12ClN5O/c22-15-10-14(9-12-3-2-7-24-17(12)15)19-18(13-4-1-6-23-11-13)27-21-20(26-19)16(28)5-8-25-21/h1-11H,(H,25,27,28). The lowest BCUT2D eigenvalue weighted by Crippen LogP contribution is -2.06. The van der Waals surface area contributed by atoms with Crippen molar-refractivity contribution in [1.29, 1.82) is 0 Å². The van der Waals surface area contributed by atoms with Crippen molar-refractivity contribution in [2.45, 2.75) is 0 Å². The summed E-state index contributed by atoms with van der Waals surface area (Å²) in [5.74, 6) is 0. The summed E-state index contributed by atoms with van der Waals surface area (Å²) in [5.41, 5.74) is 3.92. The third-order valence-corrected chi connectivity index (χ3v) is 4.74. The minimum absolute atomic E-state index is 0.200. The Bertz CT molecular complexity index is 1400. The number of nitrogens with one attached hydrogen (secondary N) is 1. The zero-order valence-electron chi connectivity index (χ0n) is 14.4. The van der Waals surface area contributed by atoms with Crippen molar-refractivity contribution in [2.75, 3.05) is 0 Å². The zero-order valence-corrected chi connectivity index (χ0v) is 15.2. The quantitative estimate of drug-likeness (QED) is 0.491. The Hall–Kier alpha value is -3.64. The van der Waals surface area contributed by atoms with Crippen molar-refractivity contribution in [3.05, 3.63) is 82.5 Å². The second-order valence-electron chi connectivity index (χ2n) is 6.23. The van der Waals surface area contributed by atoms with Gasteiger partial charge in [-0.15, -0.1) is 0 Å². The van der Waals surface area contributed by atoms with E-state index in [0.29, 0.717) is 27.6 Å². The Morgan fingerprint density at radius 1 is 0.893 bits per heavy atom. The largest absolute Gasteiger partial charge is 0.345 e. The van der Waals surface area contributed by atoms with Crippen LogP contribution in [0, 0.1) is 0 Å². The lowest BCUT2D eigenvalue weighted by Gasteiger charge is -2.11. The highest BCUT2D eigenvalue weighted by atomic mass is 35.5. The third-order valence-electron chi connectivity index (χ3n) is 4.45. The average Bonchev–Trinajstić information content (AvgIpc) is 2.74. The molecule has 5 rings (SSSR count). The maximum Gasteiger partial charge on any atom is 0.209 e. The SMILES string of the molecule is O=c1cc[nH]c2nc(-c3cccnc3)c(-c3cc(Cl)c4ncccc4c3)nc12. The number of benzene rings is 1. The fourth-order valence-corrected chi connectivity index (χ4v) is 3.45. The fourth-order valence-electron chi connectivity index (χ4n) is 3.17. The van der Waals surface area contributed by atoms with Gasteiger partial charge in [0.05, 0.1) is 16.2 Å². The smallest absolute Gasteiger partial charge is 0.209 e. The van der Waals surface area contributed by atoms with Crippen LogP contribution in [0.1, 0.15) is 0 Å². The summed E-state index contributed by atoms with van der Waals surface area (Å²) in [4.78, 5) is 33.2. The normalized spacial score (nSPS) is 11.2. The number of nitrogens with zero attached hydrogens (tertiary/aromatic N) is 4. The molecular formula is C21H12ClN5O. The van der Waals surface area contributed by atoms with Gasteiger partial charge < -0.3 is 4.98 Å². The van der Waals surface area contributed by atoms with Gasteiger partial charge in [-0.1, -0.05) is 17.7 Å². The minimum Gasteiger partial charge on any atom is -0.345 e. The molecule has 4 heterocycles. The number of aromatic amines is 1. The van der Waals surface area contributed by atoms with Crippen LogP contribution in [0.2, 0.25) is 5.02 Å². The molecule has 1 aromatic carbocycles. The molecule has 1 N–H and O–H groups in total. The first-order valence-corrected chi connectivity index (χ1v) is 8.93. The fraction of sp³-hybridized carbons (Fsp3) is 0. The van der Waals surface area contributed by atoms with Crippen LogP contribution in [0.4, 0.5) is 0 Å². The molecule has 5 aromatic rings. The molecule has 134 valence electrons. The highest BCUT2D eigenvalue weighted by molar-refractivity contribution is 6.35. The summed E-state index contributed by atoms with van der Waals surface area (Å²) in [5, 5.41) is 1.39. The summed E-state index contributed by atoms with van der Waals surface area (Å²) in [7, 11) is 0. The van der Waals surface area contributed by atoms with Crippen LogP contribution < -0.4 is 5.43 Å². The van der Waals surface area contributed by atoms with Gasteiger partial charge in [0.1, 0.15) is 5.69 Å². The Morgan fingerprint density at radius 3 is 2.61 bits per heavy atom. The maximum atomic E-state index is 12.3. The second kappa shape index (κ2) is 6.51. The average molecular weight is 386 g/mol. The highest BCUT2D eigenvalue weighted by Gasteiger charge is 2.16. The van der Waals surface area contributed by atoms with Crippen molar-refractivity contribution in [3.8, 4) is 22.5 Å². The molecule has 0 radical (unpaired) electrons. The molecule has 0 amide bonds. The molecule has 0 aliphatic heterocycles. The second-order valence-corrected chi connectivity index (χ2v) is 6.64. The number of hydrogen-bond acceptors (Lipinski definition) is 5. The van der Waals surface area contributed by atoms with Crippen LogP contribution in [-0.4, -0.2) is 24.9 Å². The van der Waals surface area contributed by atoms with Crippen molar-refractivity contribution in [2.24, 2.45) is 0 Å². The number of H-pyrrole nitrogens is 1. The van der Waals surface area contributed by atoms with E-state index in [1.807, 2.05) is 30.3 Å². The third kappa shape index (κ3) is 2.71. The number of aromatic nitrogens is 5. The molecule has 0 saturated carbocycles. The van der Waals surface area contributed by atoms with Crippen molar-refractivity contribution in [3.63, 3.8) is 0 Å². The summed E-state index contributed by atoms with van der Waals surface area (Å²) in [6.45, 7) is 0. The Labute approximate surface area is 163 Å². The number of hydrogen-bond donors (Lipinski definition) is 1. The molecule has 0 aliphatic carbocycles. The van der Waals surface area contributed by atoms with E-state index in [1.165, 1.54) is 6.07 Å². The number of halogens is 1. The Morgan fingerprint density at radius 2 is 1.75 bits per heavy atom. The van der Waals surface area contributed by atoms with Crippen LogP contribution in [0.3, 0.4) is 0 Å². The van der Waals surface area contributed by atoms with Gasteiger partial charge in [-0.2, -0.15) is 0 Å². The molecule has 0 unspecified atom stereocenters. The molecule has 0 fully saturated rings. The molecule has 4 aromatic heterocycles. The van der Waals surface area contributed by atoms with Gasteiger partial charge in [-0.25, -0.2) is 9.97 Å². The molecule has 0 spiro atoms. The van der Waals surface area contributed by atoms with E-state index < -0.39 is 0 Å². The summed E-state index contributed by atoms with van der Waals surface area (Å²) < 4.78 is 0. The van der Waals surface area contributed by atoms with E-state index >= 15 is 0 Å².